The summed E-state index contributed by atoms with van der Waals surface area (Å²) in [4.78, 5) is 18.6. The zero-order chi connectivity index (χ0) is 14.5. The van der Waals surface area contributed by atoms with Gasteiger partial charge in [0.05, 0.1) is 0 Å². The molecule has 0 fully saturated rings. The van der Waals surface area contributed by atoms with Gasteiger partial charge in [-0.05, 0) is 31.0 Å². The van der Waals surface area contributed by atoms with E-state index in [9.17, 15) is 4.79 Å². The molecule has 1 heterocycles. The Balaban J connectivity index is 2.24. The number of H-pyrrole nitrogens is 1. The van der Waals surface area contributed by atoms with Crippen LogP contribution in [0.15, 0.2) is 29.1 Å². The molecule has 0 bridgehead atoms. The zero-order valence-electron chi connectivity index (χ0n) is 11.0. The van der Waals surface area contributed by atoms with Crippen molar-refractivity contribution in [1.82, 2.24) is 9.97 Å². The molecule has 4 nitrogen and oxygen atoms in total. The molecule has 0 radical (unpaired) electrons. The Morgan fingerprint density at radius 3 is 2.55 bits per heavy atom. The normalized spacial score (nSPS) is 10.6. The highest BCUT2D eigenvalue weighted by molar-refractivity contribution is 6.35. The van der Waals surface area contributed by atoms with Gasteiger partial charge in [0.25, 0.3) is 5.56 Å². The fourth-order valence-corrected chi connectivity index (χ4v) is 2.34. The highest BCUT2D eigenvalue weighted by atomic mass is 35.5. The molecule has 0 unspecified atom stereocenters. The highest BCUT2D eigenvalue weighted by Crippen LogP contribution is 2.23. The van der Waals surface area contributed by atoms with Crippen molar-refractivity contribution in [1.29, 1.82) is 0 Å². The van der Waals surface area contributed by atoms with Gasteiger partial charge >= 0.3 is 0 Å². The smallest absolute Gasteiger partial charge is 0.252 e. The zero-order valence-corrected chi connectivity index (χ0v) is 12.6. The second-order valence-corrected chi connectivity index (χ2v) is 5.34. The minimum absolute atomic E-state index is 0.179. The summed E-state index contributed by atoms with van der Waals surface area (Å²) >= 11 is 11.9. The van der Waals surface area contributed by atoms with E-state index in [0.29, 0.717) is 21.7 Å². The molecule has 106 valence electrons. The van der Waals surface area contributed by atoms with Gasteiger partial charge in [-0.3, -0.25) is 9.78 Å². The van der Waals surface area contributed by atoms with Crippen LogP contribution in [-0.4, -0.2) is 9.97 Å². The van der Waals surface area contributed by atoms with Crippen LogP contribution < -0.4 is 10.9 Å². The number of nitrogens with zero attached hydrogens (tertiary/aromatic N) is 1. The number of hydrogen-bond acceptors (Lipinski definition) is 3. The molecule has 0 saturated carbocycles. The number of rotatable bonds is 5. The first-order valence-corrected chi connectivity index (χ1v) is 7.16. The van der Waals surface area contributed by atoms with Gasteiger partial charge in [-0.2, -0.15) is 0 Å². The van der Waals surface area contributed by atoms with Gasteiger partial charge in [-0.1, -0.05) is 36.5 Å². The van der Waals surface area contributed by atoms with Gasteiger partial charge in [0.2, 0.25) is 5.95 Å². The topological polar surface area (TPSA) is 57.8 Å². The number of halogens is 2. The monoisotopic (exact) mass is 311 g/mol. The van der Waals surface area contributed by atoms with Crippen LogP contribution in [0, 0.1) is 0 Å². The molecule has 2 N–H and O–H groups in total. The van der Waals surface area contributed by atoms with Crippen molar-refractivity contribution >= 4 is 34.8 Å². The maximum Gasteiger partial charge on any atom is 0.252 e. The first kappa shape index (κ1) is 14.9. The Bertz CT molecular complexity index is 635. The highest BCUT2D eigenvalue weighted by Gasteiger charge is 2.03. The number of nitrogens with one attached hydrogen (secondary N) is 2. The summed E-state index contributed by atoms with van der Waals surface area (Å²) in [5.41, 5.74) is 1.27. The third-order valence-corrected chi connectivity index (χ3v) is 3.14. The van der Waals surface area contributed by atoms with E-state index in [4.69, 9.17) is 23.2 Å². The molecule has 0 aliphatic heterocycles. The van der Waals surface area contributed by atoms with Crippen LogP contribution >= 0.6 is 23.2 Å². The average Bonchev–Trinajstić information content (AvgIpc) is 2.34. The lowest BCUT2D eigenvalue weighted by atomic mass is 10.2. The fraction of sp³-hybridized carbons (Fsp3) is 0.286. The van der Waals surface area contributed by atoms with E-state index in [2.05, 4.69) is 22.2 Å². The lowest BCUT2D eigenvalue weighted by Gasteiger charge is -2.08. The standard InChI is InChI=1S/C14H15Cl2N3O/c1-2-3-4-11-8-13(20)19-14(17-11)18-12-6-9(15)5-10(16)7-12/h5-8H,2-4H2,1H3,(H2,17,18,19,20). The quantitative estimate of drug-likeness (QED) is 0.871. The molecule has 0 saturated heterocycles. The van der Waals surface area contributed by atoms with Gasteiger partial charge in [-0.15, -0.1) is 0 Å². The number of benzene rings is 1. The van der Waals surface area contributed by atoms with E-state index in [1.165, 1.54) is 6.07 Å². The molecule has 0 atom stereocenters. The SMILES string of the molecule is CCCCc1cc(=O)[nH]c(Nc2cc(Cl)cc(Cl)c2)n1. The van der Waals surface area contributed by atoms with Crippen molar-refractivity contribution in [2.45, 2.75) is 26.2 Å². The summed E-state index contributed by atoms with van der Waals surface area (Å²) < 4.78 is 0. The molecule has 0 spiro atoms. The molecule has 2 rings (SSSR count). The Morgan fingerprint density at radius 1 is 1.20 bits per heavy atom. The number of anilines is 2. The summed E-state index contributed by atoms with van der Waals surface area (Å²) in [6, 6.07) is 6.59. The second-order valence-electron chi connectivity index (χ2n) is 4.47. The van der Waals surface area contributed by atoms with Crippen LogP contribution in [0.25, 0.3) is 0 Å². The number of aromatic amines is 1. The van der Waals surface area contributed by atoms with Crippen LogP contribution in [0.1, 0.15) is 25.5 Å². The molecular weight excluding hydrogens is 297 g/mol. The van der Waals surface area contributed by atoms with E-state index in [-0.39, 0.29) is 5.56 Å². The Morgan fingerprint density at radius 2 is 1.90 bits per heavy atom. The van der Waals surface area contributed by atoms with Crippen LogP contribution in [0.3, 0.4) is 0 Å². The van der Waals surface area contributed by atoms with Gasteiger partial charge in [-0.25, -0.2) is 4.98 Å². The minimum atomic E-state index is -0.179. The molecule has 0 aliphatic rings. The van der Waals surface area contributed by atoms with E-state index < -0.39 is 0 Å². The summed E-state index contributed by atoms with van der Waals surface area (Å²) in [5, 5.41) is 4.04. The maximum absolute atomic E-state index is 11.6. The number of hydrogen-bond donors (Lipinski definition) is 2. The van der Waals surface area contributed by atoms with Gasteiger partial charge in [0.15, 0.2) is 0 Å². The Hall–Kier alpha value is -1.52. The second kappa shape index (κ2) is 6.77. The summed E-state index contributed by atoms with van der Waals surface area (Å²) in [6.45, 7) is 2.10. The molecule has 2 aromatic rings. The lowest BCUT2D eigenvalue weighted by molar-refractivity contribution is 0.772. The number of aryl methyl sites for hydroxylation is 1. The Kier molecular flexibility index (Phi) is 5.04. The van der Waals surface area contributed by atoms with Crippen molar-refractivity contribution in [2.75, 3.05) is 5.32 Å². The average molecular weight is 312 g/mol. The molecule has 0 aliphatic carbocycles. The molecule has 1 aromatic carbocycles. The maximum atomic E-state index is 11.6. The number of unbranched alkanes of at least 4 members (excludes halogenated alkanes) is 1. The van der Waals surface area contributed by atoms with Crippen molar-refractivity contribution in [3.05, 3.63) is 50.4 Å². The lowest BCUT2D eigenvalue weighted by Crippen LogP contribution is -2.12. The van der Waals surface area contributed by atoms with Crippen molar-refractivity contribution in [2.24, 2.45) is 0 Å². The van der Waals surface area contributed by atoms with E-state index in [1.54, 1.807) is 18.2 Å². The van der Waals surface area contributed by atoms with E-state index >= 15 is 0 Å². The summed E-state index contributed by atoms with van der Waals surface area (Å²) in [7, 11) is 0. The Labute approximate surface area is 127 Å². The van der Waals surface area contributed by atoms with Gasteiger partial charge in [0.1, 0.15) is 0 Å². The van der Waals surface area contributed by atoms with Crippen molar-refractivity contribution in [3.63, 3.8) is 0 Å². The molecule has 6 heteroatoms. The fourth-order valence-electron chi connectivity index (χ4n) is 1.82. The minimum Gasteiger partial charge on any atom is -0.326 e. The van der Waals surface area contributed by atoms with Crippen LogP contribution in [0.5, 0.6) is 0 Å². The van der Waals surface area contributed by atoms with Crippen LogP contribution in [0.2, 0.25) is 10.0 Å². The molecule has 20 heavy (non-hydrogen) atoms. The first-order chi connectivity index (χ1) is 9.56. The summed E-state index contributed by atoms with van der Waals surface area (Å²) in [6.07, 6.45) is 2.84. The predicted octanol–water partition coefficient (Wildman–Crippen LogP) is 4.16. The third kappa shape index (κ3) is 4.25. The van der Waals surface area contributed by atoms with Gasteiger partial charge in [0, 0.05) is 27.5 Å². The summed E-state index contributed by atoms with van der Waals surface area (Å²) in [5.74, 6) is 0.391. The number of aromatic nitrogens is 2. The van der Waals surface area contributed by atoms with Crippen molar-refractivity contribution in [3.8, 4) is 0 Å². The van der Waals surface area contributed by atoms with Crippen molar-refractivity contribution < 1.29 is 0 Å². The molecule has 1 aromatic heterocycles. The van der Waals surface area contributed by atoms with E-state index in [0.717, 1.165) is 25.0 Å². The van der Waals surface area contributed by atoms with E-state index in [1.807, 2.05) is 0 Å². The molecule has 0 amide bonds. The largest absolute Gasteiger partial charge is 0.326 e. The molecular formula is C14H15Cl2N3O. The third-order valence-electron chi connectivity index (χ3n) is 2.71. The van der Waals surface area contributed by atoms with Crippen LogP contribution in [0.4, 0.5) is 11.6 Å². The van der Waals surface area contributed by atoms with Gasteiger partial charge < -0.3 is 5.32 Å². The predicted molar refractivity (Wildman–Crippen MR) is 83.2 cm³/mol. The van der Waals surface area contributed by atoms with Crippen LogP contribution in [-0.2, 0) is 6.42 Å². The first-order valence-electron chi connectivity index (χ1n) is 6.40.